The normalized spacial score (nSPS) is 38.6. The van der Waals surface area contributed by atoms with Crippen molar-refractivity contribution >= 4 is 17.9 Å². The number of rotatable bonds is 5. The molecule has 6 atom stereocenters. The zero-order chi connectivity index (χ0) is 15.9. The molecular weight excluding hydrogens is 288 g/mol. The molecule has 0 aliphatic heterocycles. The summed E-state index contributed by atoms with van der Waals surface area (Å²) in [5.74, 6) is -1.70. The molecule has 3 aliphatic carbocycles. The van der Waals surface area contributed by atoms with Gasteiger partial charge < -0.3 is 14.6 Å². The molecule has 0 aromatic carbocycles. The second-order valence-electron chi connectivity index (χ2n) is 6.71. The second-order valence-corrected chi connectivity index (χ2v) is 6.71. The fraction of sp³-hybridized carbons (Fsp3) is 0.812. The first-order chi connectivity index (χ1) is 10.5. The number of carbonyl (C=O) groups excluding carboxylic acids is 2. The summed E-state index contributed by atoms with van der Waals surface area (Å²) >= 11 is 0. The first-order valence-electron chi connectivity index (χ1n) is 8.01. The van der Waals surface area contributed by atoms with Gasteiger partial charge in [0, 0.05) is 0 Å². The maximum absolute atomic E-state index is 12.4. The summed E-state index contributed by atoms with van der Waals surface area (Å²) in [5.41, 5.74) is 0. The molecular formula is C16H22O6. The molecule has 6 nitrogen and oxygen atoms in total. The van der Waals surface area contributed by atoms with Crippen molar-refractivity contribution in [3.05, 3.63) is 0 Å². The van der Waals surface area contributed by atoms with E-state index in [1.807, 2.05) is 0 Å². The van der Waals surface area contributed by atoms with Gasteiger partial charge in [-0.15, -0.1) is 0 Å². The lowest BCUT2D eigenvalue weighted by Crippen LogP contribution is -2.41. The molecule has 0 saturated heterocycles. The first kappa shape index (κ1) is 15.3. The van der Waals surface area contributed by atoms with E-state index in [-0.39, 0.29) is 24.9 Å². The number of fused-ring (bicyclic) bond motifs is 5. The summed E-state index contributed by atoms with van der Waals surface area (Å²) in [7, 11) is 1.28. The standard InChI is InChI=1S/C16H22O6/c1-21-12(17)5-6-22-16(20)14-11-7-10(13(14)15(18)19)8-3-2-4-9(8)11/h8-11,13-14H,2-7H2,1H3,(H,18,19). The molecule has 6 unspecified atom stereocenters. The zero-order valence-electron chi connectivity index (χ0n) is 12.7. The van der Waals surface area contributed by atoms with Gasteiger partial charge >= 0.3 is 17.9 Å². The molecule has 6 heteroatoms. The third-order valence-electron chi connectivity index (χ3n) is 5.91. The van der Waals surface area contributed by atoms with Crippen LogP contribution in [0, 0.1) is 35.5 Å². The highest BCUT2D eigenvalue weighted by Crippen LogP contribution is 2.63. The minimum absolute atomic E-state index is 0.00679. The van der Waals surface area contributed by atoms with Gasteiger partial charge in [0.1, 0.15) is 6.61 Å². The molecule has 0 aromatic heterocycles. The van der Waals surface area contributed by atoms with Gasteiger partial charge in [-0.25, -0.2) is 0 Å². The van der Waals surface area contributed by atoms with Gasteiger partial charge in [0.05, 0.1) is 25.4 Å². The SMILES string of the molecule is COC(=O)CCOC(=O)C1C2CC(C3CCCC32)C1C(=O)O. The molecule has 0 spiro atoms. The zero-order valence-corrected chi connectivity index (χ0v) is 12.7. The quantitative estimate of drug-likeness (QED) is 0.774. The largest absolute Gasteiger partial charge is 0.481 e. The minimum Gasteiger partial charge on any atom is -0.481 e. The van der Waals surface area contributed by atoms with Crippen molar-refractivity contribution in [2.24, 2.45) is 35.5 Å². The summed E-state index contributed by atoms with van der Waals surface area (Å²) in [4.78, 5) is 35.1. The Morgan fingerprint density at radius 1 is 1.05 bits per heavy atom. The van der Waals surface area contributed by atoms with Crippen LogP contribution in [0.5, 0.6) is 0 Å². The predicted molar refractivity (Wildman–Crippen MR) is 74.6 cm³/mol. The molecule has 0 radical (unpaired) electrons. The fourth-order valence-electron chi connectivity index (χ4n) is 5.19. The summed E-state index contributed by atoms with van der Waals surface area (Å²) in [5, 5.41) is 9.54. The average Bonchev–Trinajstić information content (AvgIpc) is 3.16. The minimum atomic E-state index is -0.882. The van der Waals surface area contributed by atoms with Crippen molar-refractivity contribution in [1.29, 1.82) is 0 Å². The van der Waals surface area contributed by atoms with Crippen molar-refractivity contribution in [2.75, 3.05) is 13.7 Å². The molecule has 3 saturated carbocycles. The highest BCUT2D eigenvalue weighted by molar-refractivity contribution is 5.83. The monoisotopic (exact) mass is 310 g/mol. The van der Waals surface area contributed by atoms with Gasteiger partial charge in [-0.05, 0) is 42.9 Å². The van der Waals surface area contributed by atoms with Crippen LogP contribution in [0.4, 0.5) is 0 Å². The average molecular weight is 310 g/mol. The van der Waals surface area contributed by atoms with Crippen molar-refractivity contribution in [2.45, 2.75) is 32.1 Å². The van der Waals surface area contributed by atoms with E-state index in [1.54, 1.807) is 0 Å². The van der Waals surface area contributed by atoms with E-state index >= 15 is 0 Å². The summed E-state index contributed by atoms with van der Waals surface area (Å²) in [6.07, 6.45) is 4.18. The van der Waals surface area contributed by atoms with E-state index in [4.69, 9.17) is 4.74 Å². The lowest BCUT2D eigenvalue weighted by Gasteiger charge is -2.34. The number of carboxylic acids is 1. The molecule has 122 valence electrons. The van der Waals surface area contributed by atoms with E-state index < -0.39 is 29.7 Å². The van der Waals surface area contributed by atoms with Gasteiger partial charge in [-0.2, -0.15) is 0 Å². The van der Waals surface area contributed by atoms with Crippen molar-refractivity contribution in [1.82, 2.24) is 0 Å². The van der Waals surface area contributed by atoms with E-state index in [1.165, 1.54) is 7.11 Å². The number of esters is 2. The molecule has 3 aliphatic rings. The Balaban J connectivity index is 1.67. The number of hydrogen-bond acceptors (Lipinski definition) is 5. The van der Waals surface area contributed by atoms with E-state index in [0.717, 1.165) is 25.7 Å². The Bertz CT molecular complexity index is 487. The third-order valence-corrected chi connectivity index (χ3v) is 5.91. The molecule has 22 heavy (non-hydrogen) atoms. The Hall–Kier alpha value is -1.59. The molecule has 3 rings (SSSR count). The van der Waals surface area contributed by atoms with Gasteiger partial charge in [-0.1, -0.05) is 6.42 Å². The van der Waals surface area contributed by atoms with Crippen LogP contribution in [0.25, 0.3) is 0 Å². The highest BCUT2D eigenvalue weighted by atomic mass is 16.5. The van der Waals surface area contributed by atoms with Gasteiger partial charge in [0.25, 0.3) is 0 Å². The van der Waals surface area contributed by atoms with Crippen LogP contribution in [-0.4, -0.2) is 36.7 Å². The smallest absolute Gasteiger partial charge is 0.310 e. The van der Waals surface area contributed by atoms with Crippen molar-refractivity contribution in [3.63, 3.8) is 0 Å². The number of methoxy groups -OCH3 is 1. The molecule has 1 N–H and O–H groups in total. The Morgan fingerprint density at radius 3 is 2.27 bits per heavy atom. The van der Waals surface area contributed by atoms with Crippen LogP contribution in [0.1, 0.15) is 32.1 Å². The first-order valence-corrected chi connectivity index (χ1v) is 8.01. The van der Waals surface area contributed by atoms with E-state index in [9.17, 15) is 19.5 Å². The lowest BCUT2D eigenvalue weighted by atomic mass is 9.69. The highest BCUT2D eigenvalue weighted by Gasteiger charge is 2.63. The van der Waals surface area contributed by atoms with E-state index in [0.29, 0.717) is 11.8 Å². The number of hydrogen-bond donors (Lipinski definition) is 1. The van der Waals surface area contributed by atoms with Crippen LogP contribution in [0.3, 0.4) is 0 Å². The molecule has 2 bridgehead atoms. The predicted octanol–water partition coefficient (Wildman–Crippen LogP) is 1.48. The topological polar surface area (TPSA) is 89.9 Å². The Morgan fingerprint density at radius 2 is 1.68 bits per heavy atom. The third kappa shape index (κ3) is 2.38. The van der Waals surface area contributed by atoms with Crippen LogP contribution in [0.15, 0.2) is 0 Å². The van der Waals surface area contributed by atoms with Crippen molar-refractivity contribution < 1.29 is 29.0 Å². The van der Waals surface area contributed by atoms with Gasteiger partial charge in [0.15, 0.2) is 0 Å². The molecule has 0 heterocycles. The molecule has 3 fully saturated rings. The van der Waals surface area contributed by atoms with Crippen LogP contribution >= 0.6 is 0 Å². The summed E-state index contributed by atoms with van der Waals surface area (Å²) in [6, 6.07) is 0. The van der Waals surface area contributed by atoms with Crippen molar-refractivity contribution in [3.8, 4) is 0 Å². The Kier molecular flexibility index (Phi) is 4.10. The van der Waals surface area contributed by atoms with Gasteiger partial charge in [-0.3, -0.25) is 14.4 Å². The fourth-order valence-corrected chi connectivity index (χ4v) is 5.19. The van der Waals surface area contributed by atoms with Crippen LogP contribution < -0.4 is 0 Å². The number of carboxylic acid groups (broad SMARTS) is 1. The van der Waals surface area contributed by atoms with Gasteiger partial charge in [0.2, 0.25) is 0 Å². The van der Waals surface area contributed by atoms with E-state index in [2.05, 4.69) is 4.74 Å². The Labute approximate surface area is 129 Å². The summed E-state index contributed by atoms with van der Waals surface area (Å²) < 4.78 is 9.68. The number of carbonyl (C=O) groups is 3. The molecule has 0 amide bonds. The maximum Gasteiger partial charge on any atom is 0.310 e. The number of aliphatic carboxylic acids is 1. The second kappa shape index (κ2) is 5.89. The molecule has 0 aromatic rings. The lowest BCUT2D eigenvalue weighted by molar-refractivity contribution is -0.163. The maximum atomic E-state index is 12.4. The number of ether oxygens (including phenoxy) is 2. The van der Waals surface area contributed by atoms with Crippen LogP contribution in [-0.2, 0) is 23.9 Å². The van der Waals surface area contributed by atoms with Crippen LogP contribution in [0.2, 0.25) is 0 Å². The summed E-state index contributed by atoms with van der Waals surface area (Å²) in [6.45, 7) is -0.0418.